The normalized spacial score (nSPS) is 17.9. The summed E-state index contributed by atoms with van der Waals surface area (Å²) in [7, 11) is 0. The van der Waals surface area contributed by atoms with Gasteiger partial charge in [0.25, 0.3) is 0 Å². The number of hydrogen-bond donors (Lipinski definition) is 0. The summed E-state index contributed by atoms with van der Waals surface area (Å²) in [6, 6.07) is 0. The number of allylic oxidation sites excluding steroid dienone is 1. The third kappa shape index (κ3) is 7.06. The first-order chi connectivity index (χ1) is 8.38. The average molecular weight is 366 g/mol. The van der Waals surface area contributed by atoms with Crippen molar-refractivity contribution in [1.82, 2.24) is 0 Å². The van der Waals surface area contributed by atoms with E-state index in [1.54, 1.807) is 0 Å². The van der Waals surface area contributed by atoms with Crippen molar-refractivity contribution in [3.63, 3.8) is 0 Å². The molecule has 0 bridgehead atoms. The number of unbranched alkanes of at least 4 members (excludes halogenated alkanes) is 2. The SMILES string of the molecule is CCCC[Se]/C=C(\[Se]CCCC)C1CCCC1. The van der Waals surface area contributed by atoms with Gasteiger partial charge in [0.2, 0.25) is 0 Å². The first-order valence-corrected chi connectivity index (χ1v) is 11.6. The predicted molar refractivity (Wildman–Crippen MR) is 81.0 cm³/mol. The second-order valence-corrected chi connectivity index (χ2v) is 9.43. The Morgan fingerprint density at radius 3 is 2.35 bits per heavy atom. The van der Waals surface area contributed by atoms with Crippen molar-refractivity contribution in [3.8, 4) is 0 Å². The van der Waals surface area contributed by atoms with Gasteiger partial charge in [-0.05, 0) is 0 Å². The Labute approximate surface area is 121 Å². The Kier molecular flexibility index (Phi) is 9.95. The molecule has 1 aliphatic rings. The van der Waals surface area contributed by atoms with Crippen molar-refractivity contribution < 1.29 is 0 Å². The van der Waals surface area contributed by atoms with Gasteiger partial charge in [-0.1, -0.05) is 0 Å². The Hall–Kier alpha value is 0.779. The Balaban J connectivity index is 2.33. The van der Waals surface area contributed by atoms with Crippen LogP contribution in [-0.2, 0) is 0 Å². The fourth-order valence-electron chi connectivity index (χ4n) is 2.16. The molecular formula is C15H28Se2. The van der Waals surface area contributed by atoms with Gasteiger partial charge in [-0.15, -0.1) is 0 Å². The second-order valence-electron chi connectivity index (χ2n) is 4.93. The summed E-state index contributed by atoms with van der Waals surface area (Å²) < 4.78 is 1.92. The fraction of sp³-hybridized carbons (Fsp3) is 0.867. The van der Waals surface area contributed by atoms with Crippen LogP contribution < -0.4 is 0 Å². The fourth-order valence-corrected chi connectivity index (χ4v) is 8.13. The molecule has 1 rings (SSSR count). The summed E-state index contributed by atoms with van der Waals surface area (Å²) in [5, 5.41) is 2.97. The average Bonchev–Trinajstić information content (AvgIpc) is 2.86. The maximum atomic E-state index is 2.70. The van der Waals surface area contributed by atoms with Crippen molar-refractivity contribution in [3.05, 3.63) is 9.45 Å². The van der Waals surface area contributed by atoms with Crippen LogP contribution in [0, 0.1) is 5.92 Å². The zero-order valence-electron chi connectivity index (χ0n) is 11.5. The molecule has 0 aliphatic heterocycles. The van der Waals surface area contributed by atoms with Gasteiger partial charge in [0.05, 0.1) is 0 Å². The van der Waals surface area contributed by atoms with Gasteiger partial charge >= 0.3 is 121 Å². The molecular weight excluding hydrogens is 338 g/mol. The first kappa shape index (κ1) is 15.8. The maximum absolute atomic E-state index is 2.70. The molecule has 1 aliphatic carbocycles. The summed E-state index contributed by atoms with van der Waals surface area (Å²) in [4.78, 5) is 2.70. The molecule has 2 heteroatoms. The van der Waals surface area contributed by atoms with Crippen molar-refractivity contribution in [2.75, 3.05) is 0 Å². The number of hydrogen-bond acceptors (Lipinski definition) is 0. The molecule has 0 radical (unpaired) electrons. The van der Waals surface area contributed by atoms with E-state index in [0.29, 0.717) is 0 Å². The molecule has 0 N–H and O–H groups in total. The van der Waals surface area contributed by atoms with E-state index in [0.717, 1.165) is 35.8 Å². The van der Waals surface area contributed by atoms with E-state index in [2.05, 4.69) is 18.8 Å². The second kappa shape index (κ2) is 10.7. The molecule has 0 aromatic rings. The molecule has 0 aromatic heterocycles. The van der Waals surface area contributed by atoms with Crippen molar-refractivity contribution in [2.45, 2.75) is 75.9 Å². The van der Waals surface area contributed by atoms with E-state index in [-0.39, 0.29) is 0 Å². The molecule has 17 heavy (non-hydrogen) atoms. The van der Waals surface area contributed by atoms with Gasteiger partial charge in [-0.3, -0.25) is 0 Å². The van der Waals surface area contributed by atoms with Crippen LogP contribution in [0.3, 0.4) is 0 Å². The van der Waals surface area contributed by atoms with E-state index in [4.69, 9.17) is 0 Å². The van der Waals surface area contributed by atoms with Crippen molar-refractivity contribution in [1.29, 1.82) is 0 Å². The molecule has 0 heterocycles. The minimum atomic E-state index is 0.807. The van der Waals surface area contributed by atoms with E-state index < -0.39 is 0 Å². The van der Waals surface area contributed by atoms with Gasteiger partial charge in [-0.2, -0.15) is 0 Å². The van der Waals surface area contributed by atoms with Gasteiger partial charge in [0.1, 0.15) is 0 Å². The molecule has 0 unspecified atom stereocenters. The van der Waals surface area contributed by atoms with E-state index in [1.165, 1.54) is 62.0 Å². The first-order valence-electron chi connectivity index (χ1n) is 7.33. The standard InChI is InChI=1S/C15H28Se2/c1-3-5-11-16-13-15(17-12-6-4-2)14-9-7-8-10-14/h13-14H,3-12H2,1-2H3/b15-13-. The molecule has 0 atom stereocenters. The van der Waals surface area contributed by atoms with E-state index in [1.807, 2.05) is 4.47 Å². The van der Waals surface area contributed by atoms with Crippen LogP contribution in [0.25, 0.3) is 0 Å². The Morgan fingerprint density at radius 1 is 1.06 bits per heavy atom. The monoisotopic (exact) mass is 368 g/mol. The third-order valence-corrected chi connectivity index (χ3v) is 8.76. The van der Waals surface area contributed by atoms with Crippen LogP contribution in [0.5, 0.6) is 0 Å². The molecule has 100 valence electrons. The van der Waals surface area contributed by atoms with Crippen LogP contribution >= 0.6 is 0 Å². The topological polar surface area (TPSA) is 0 Å². The van der Waals surface area contributed by atoms with Gasteiger partial charge < -0.3 is 0 Å². The molecule has 0 aromatic carbocycles. The molecule has 1 fully saturated rings. The van der Waals surface area contributed by atoms with E-state index in [9.17, 15) is 0 Å². The minimum absolute atomic E-state index is 0.807. The number of rotatable bonds is 9. The molecule has 0 saturated heterocycles. The van der Waals surface area contributed by atoms with Gasteiger partial charge in [0.15, 0.2) is 0 Å². The van der Waals surface area contributed by atoms with Crippen LogP contribution in [0.1, 0.15) is 65.2 Å². The molecule has 0 amide bonds. The van der Waals surface area contributed by atoms with Crippen LogP contribution in [0.15, 0.2) is 9.45 Å². The summed E-state index contributed by atoms with van der Waals surface area (Å²) in [5.41, 5.74) is 0. The zero-order chi connectivity index (χ0) is 12.3. The Morgan fingerprint density at radius 2 is 1.71 bits per heavy atom. The van der Waals surface area contributed by atoms with Crippen LogP contribution in [0.2, 0.25) is 10.6 Å². The molecule has 1 saturated carbocycles. The predicted octanol–water partition coefficient (Wildman–Crippen LogP) is 4.86. The van der Waals surface area contributed by atoms with Crippen molar-refractivity contribution >= 4 is 29.9 Å². The summed E-state index contributed by atoms with van der Waals surface area (Å²) in [6.07, 6.45) is 11.6. The van der Waals surface area contributed by atoms with Crippen molar-refractivity contribution in [2.24, 2.45) is 5.92 Å². The van der Waals surface area contributed by atoms with Crippen LogP contribution in [0.4, 0.5) is 0 Å². The van der Waals surface area contributed by atoms with E-state index >= 15 is 0 Å². The zero-order valence-corrected chi connectivity index (χ0v) is 15.0. The van der Waals surface area contributed by atoms with Crippen LogP contribution in [-0.4, -0.2) is 29.9 Å². The summed E-state index contributed by atoms with van der Waals surface area (Å²) >= 11 is 1.64. The third-order valence-electron chi connectivity index (χ3n) is 3.34. The summed E-state index contributed by atoms with van der Waals surface area (Å²) in [6.45, 7) is 4.63. The van der Waals surface area contributed by atoms with Gasteiger partial charge in [0, 0.05) is 0 Å². The van der Waals surface area contributed by atoms with Gasteiger partial charge in [-0.25, -0.2) is 0 Å². The quantitative estimate of drug-likeness (QED) is 0.404. The molecule has 0 spiro atoms. The molecule has 0 nitrogen and oxygen atoms in total. The Bertz CT molecular complexity index is 205. The summed E-state index contributed by atoms with van der Waals surface area (Å²) in [5.74, 6) is 1.01.